The smallest absolute Gasteiger partial charge is 0.329 e. The fraction of sp³-hybridized carbons (Fsp3) is 0.471. The van der Waals surface area contributed by atoms with Crippen molar-refractivity contribution in [3.05, 3.63) is 22.2 Å². The number of ether oxygens (including phenoxy) is 2. The van der Waals surface area contributed by atoms with Crippen LogP contribution in [0.3, 0.4) is 0 Å². The van der Waals surface area contributed by atoms with E-state index in [1.807, 2.05) is 13.8 Å². The highest BCUT2D eigenvalue weighted by molar-refractivity contribution is 9.10. The first kappa shape index (κ1) is 21.9. The minimum Gasteiger partial charge on any atom is -0.503 e. The Balaban J connectivity index is 2.47. The maximum atomic E-state index is 11.7. The zero-order valence-electron chi connectivity index (χ0n) is 15.0. The summed E-state index contributed by atoms with van der Waals surface area (Å²) in [5.41, 5.74) is 2.72. The Morgan fingerprint density at radius 1 is 1.35 bits per heavy atom. The van der Waals surface area contributed by atoms with Crippen molar-refractivity contribution in [2.24, 2.45) is 5.10 Å². The molecule has 1 aromatic rings. The number of hydrogen-bond donors (Lipinski definition) is 3. The van der Waals surface area contributed by atoms with Gasteiger partial charge in [0, 0.05) is 13.2 Å². The molecule has 0 bridgehead atoms. The van der Waals surface area contributed by atoms with Crippen LogP contribution in [-0.4, -0.2) is 49.0 Å². The summed E-state index contributed by atoms with van der Waals surface area (Å²) in [7, 11) is 0. The molecule has 26 heavy (non-hydrogen) atoms. The molecule has 0 aliphatic carbocycles. The summed E-state index contributed by atoms with van der Waals surface area (Å²) in [4.78, 5) is 23.3. The maximum Gasteiger partial charge on any atom is 0.329 e. The third kappa shape index (κ3) is 7.83. The van der Waals surface area contributed by atoms with Crippen LogP contribution in [0.4, 0.5) is 0 Å². The van der Waals surface area contributed by atoms with Gasteiger partial charge in [0.15, 0.2) is 11.5 Å². The zero-order valence-corrected chi connectivity index (χ0v) is 16.6. The predicted octanol–water partition coefficient (Wildman–Crippen LogP) is 1.93. The second-order valence-corrected chi connectivity index (χ2v) is 6.36. The largest absolute Gasteiger partial charge is 0.503 e. The van der Waals surface area contributed by atoms with E-state index in [4.69, 9.17) is 9.47 Å². The number of aromatic hydroxyl groups is 1. The fourth-order valence-electron chi connectivity index (χ4n) is 1.82. The van der Waals surface area contributed by atoms with Crippen LogP contribution in [-0.2, 0) is 14.3 Å². The van der Waals surface area contributed by atoms with Crippen molar-refractivity contribution in [2.75, 3.05) is 19.8 Å². The lowest BCUT2D eigenvalue weighted by atomic mass is 10.2. The van der Waals surface area contributed by atoms with Crippen LogP contribution in [0.1, 0.15) is 32.8 Å². The van der Waals surface area contributed by atoms with Crippen LogP contribution < -0.4 is 15.5 Å². The highest BCUT2D eigenvalue weighted by atomic mass is 79.9. The molecule has 0 fully saturated rings. The van der Waals surface area contributed by atoms with E-state index in [1.165, 1.54) is 6.21 Å². The molecule has 144 valence electrons. The molecule has 0 saturated heterocycles. The Bertz CT molecular complexity index is 650. The second kappa shape index (κ2) is 11.5. The van der Waals surface area contributed by atoms with E-state index >= 15 is 0 Å². The normalized spacial score (nSPS) is 11.0. The van der Waals surface area contributed by atoms with Crippen molar-refractivity contribution in [1.29, 1.82) is 0 Å². The van der Waals surface area contributed by atoms with Gasteiger partial charge in [0.2, 0.25) is 0 Å². The Morgan fingerprint density at radius 3 is 2.73 bits per heavy atom. The Morgan fingerprint density at radius 2 is 2.08 bits per heavy atom. The number of carbonyl (C=O) groups excluding carboxylic acids is 2. The van der Waals surface area contributed by atoms with Gasteiger partial charge in [0.1, 0.15) is 0 Å². The topological polar surface area (TPSA) is 109 Å². The average molecular weight is 430 g/mol. The van der Waals surface area contributed by atoms with Crippen LogP contribution in [0.15, 0.2) is 21.7 Å². The molecule has 2 amide bonds. The van der Waals surface area contributed by atoms with E-state index in [0.717, 1.165) is 0 Å². The first-order chi connectivity index (χ1) is 12.3. The summed E-state index contributed by atoms with van der Waals surface area (Å²) in [6, 6.07) is 3.16. The molecular weight excluding hydrogens is 406 g/mol. The van der Waals surface area contributed by atoms with E-state index in [1.54, 1.807) is 19.1 Å². The van der Waals surface area contributed by atoms with Crippen molar-refractivity contribution >= 4 is 34.0 Å². The Hall–Kier alpha value is -2.13. The van der Waals surface area contributed by atoms with Gasteiger partial charge in [-0.1, -0.05) is 0 Å². The number of nitrogens with zero attached hydrogens (tertiary/aromatic N) is 1. The lowest BCUT2D eigenvalue weighted by Gasteiger charge is -2.08. The second-order valence-electron chi connectivity index (χ2n) is 5.51. The molecule has 0 saturated carbocycles. The van der Waals surface area contributed by atoms with Gasteiger partial charge >= 0.3 is 11.8 Å². The number of hydrazone groups is 1. The summed E-state index contributed by atoms with van der Waals surface area (Å²) in [5.74, 6) is -1.37. The van der Waals surface area contributed by atoms with Gasteiger partial charge in [-0.25, -0.2) is 5.43 Å². The third-order valence-electron chi connectivity index (χ3n) is 2.99. The molecular formula is C17H24BrN3O5. The minimum absolute atomic E-state index is 0.0196. The lowest BCUT2D eigenvalue weighted by molar-refractivity contribution is -0.139. The van der Waals surface area contributed by atoms with E-state index in [2.05, 4.69) is 31.8 Å². The van der Waals surface area contributed by atoms with Crippen LogP contribution in [0.25, 0.3) is 0 Å². The van der Waals surface area contributed by atoms with E-state index in [9.17, 15) is 14.7 Å². The van der Waals surface area contributed by atoms with Crippen LogP contribution >= 0.6 is 15.9 Å². The first-order valence-corrected chi connectivity index (χ1v) is 9.02. The molecule has 0 radical (unpaired) electrons. The van der Waals surface area contributed by atoms with Crippen molar-refractivity contribution in [3.8, 4) is 11.5 Å². The molecule has 0 aromatic heterocycles. The van der Waals surface area contributed by atoms with Crippen LogP contribution in [0.2, 0.25) is 0 Å². The molecule has 0 aliphatic rings. The number of phenolic OH excluding ortho intramolecular Hbond substituents is 1. The molecule has 8 nitrogen and oxygen atoms in total. The maximum absolute atomic E-state index is 11.7. The molecule has 0 unspecified atom stereocenters. The first-order valence-electron chi connectivity index (χ1n) is 8.23. The van der Waals surface area contributed by atoms with Crippen molar-refractivity contribution in [1.82, 2.24) is 10.7 Å². The minimum atomic E-state index is -0.867. The molecule has 1 aromatic carbocycles. The summed E-state index contributed by atoms with van der Waals surface area (Å²) >= 11 is 3.21. The third-order valence-corrected chi connectivity index (χ3v) is 3.60. The van der Waals surface area contributed by atoms with Crippen molar-refractivity contribution in [2.45, 2.75) is 33.3 Å². The fourth-order valence-corrected chi connectivity index (χ4v) is 2.28. The number of rotatable bonds is 9. The zero-order chi connectivity index (χ0) is 19.5. The molecule has 0 atom stereocenters. The van der Waals surface area contributed by atoms with E-state index < -0.39 is 11.8 Å². The number of phenols is 1. The monoisotopic (exact) mass is 429 g/mol. The lowest BCUT2D eigenvalue weighted by Crippen LogP contribution is -2.38. The van der Waals surface area contributed by atoms with Gasteiger partial charge in [-0.15, -0.1) is 0 Å². The van der Waals surface area contributed by atoms with Gasteiger partial charge in [0.05, 0.1) is 23.4 Å². The standard InChI is InChI=1S/C17H24BrN3O5/c1-4-25-14-9-12(8-13(18)15(14)22)10-20-21-17(24)16(23)19-6-5-7-26-11(2)3/h8-11,22H,4-7H2,1-3H3,(H,19,23)(H,21,24). The molecule has 0 heterocycles. The number of hydrogen-bond acceptors (Lipinski definition) is 6. The van der Waals surface area contributed by atoms with E-state index in [0.29, 0.717) is 36.2 Å². The quantitative estimate of drug-likeness (QED) is 0.240. The van der Waals surface area contributed by atoms with Crippen molar-refractivity contribution < 1.29 is 24.2 Å². The van der Waals surface area contributed by atoms with Gasteiger partial charge in [-0.05, 0) is 60.8 Å². The summed E-state index contributed by atoms with van der Waals surface area (Å²) < 4.78 is 11.1. The number of amides is 2. The van der Waals surface area contributed by atoms with Crippen molar-refractivity contribution in [3.63, 3.8) is 0 Å². The Kier molecular flexibility index (Phi) is 9.67. The average Bonchev–Trinajstić information content (AvgIpc) is 2.58. The SMILES string of the molecule is CCOc1cc(C=NNC(=O)C(=O)NCCCOC(C)C)cc(Br)c1O. The van der Waals surface area contributed by atoms with Gasteiger partial charge in [-0.3, -0.25) is 9.59 Å². The summed E-state index contributed by atoms with van der Waals surface area (Å²) in [6.07, 6.45) is 2.09. The molecule has 0 spiro atoms. The van der Waals surface area contributed by atoms with Gasteiger partial charge in [-0.2, -0.15) is 5.10 Å². The van der Waals surface area contributed by atoms with E-state index in [-0.39, 0.29) is 17.6 Å². The van der Waals surface area contributed by atoms with Crippen LogP contribution in [0.5, 0.6) is 11.5 Å². The summed E-state index contributed by atoms with van der Waals surface area (Å²) in [6.45, 7) is 6.88. The molecule has 0 aliphatic heterocycles. The van der Waals surface area contributed by atoms with Gasteiger partial charge in [0.25, 0.3) is 0 Å². The van der Waals surface area contributed by atoms with Crippen LogP contribution in [0, 0.1) is 0 Å². The highest BCUT2D eigenvalue weighted by Crippen LogP contribution is 2.34. The predicted molar refractivity (Wildman–Crippen MR) is 101 cm³/mol. The molecule has 9 heteroatoms. The summed E-state index contributed by atoms with van der Waals surface area (Å²) in [5, 5.41) is 16.1. The Labute approximate surface area is 161 Å². The molecule has 1 rings (SSSR count). The molecule has 3 N–H and O–H groups in total. The number of halogens is 1. The number of carbonyl (C=O) groups is 2. The highest BCUT2D eigenvalue weighted by Gasteiger charge is 2.12. The number of nitrogens with one attached hydrogen (secondary N) is 2. The number of benzene rings is 1. The van der Waals surface area contributed by atoms with Gasteiger partial charge < -0.3 is 19.9 Å².